The summed E-state index contributed by atoms with van der Waals surface area (Å²) < 4.78 is 0. The molecule has 18 heavy (non-hydrogen) atoms. The summed E-state index contributed by atoms with van der Waals surface area (Å²) >= 11 is 0. The molecular weight excluding hydrogens is 232 g/mol. The van der Waals surface area contributed by atoms with Gasteiger partial charge in [-0.25, -0.2) is 4.79 Å². The second-order valence-corrected chi connectivity index (χ2v) is 4.63. The van der Waals surface area contributed by atoms with Gasteiger partial charge in [0, 0.05) is 25.3 Å². The molecule has 0 saturated carbocycles. The van der Waals surface area contributed by atoms with Gasteiger partial charge in [-0.05, 0) is 25.3 Å². The summed E-state index contributed by atoms with van der Waals surface area (Å²) in [6.07, 6.45) is 4.26. The third-order valence-electron chi connectivity index (χ3n) is 3.19. The summed E-state index contributed by atoms with van der Waals surface area (Å²) in [5.41, 5.74) is 8.60. The number of carbonyl (C=O) groups is 1. The number of aryl methyl sites for hydroxylation is 1. The number of nitrogen functional groups attached to an aromatic ring is 1. The Labute approximate surface area is 106 Å². The van der Waals surface area contributed by atoms with E-state index in [9.17, 15) is 4.79 Å². The van der Waals surface area contributed by atoms with Crippen molar-refractivity contribution in [3.63, 3.8) is 0 Å². The van der Waals surface area contributed by atoms with Crippen LogP contribution in [0, 0.1) is 6.92 Å². The number of nitrogens with one attached hydrogen (secondary N) is 1. The van der Waals surface area contributed by atoms with Crippen LogP contribution in [0.2, 0.25) is 0 Å². The average molecular weight is 250 g/mol. The monoisotopic (exact) mass is 250 g/mol. The van der Waals surface area contributed by atoms with Crippen molar-refractivity contribution in [1.82, 2.24) is 10.3 Å². The lowest BCUT2D eigenvalue weighted by atomic mass is 10.0. The quantitative estimate of drug-likeness (QED) is 0.733. The summed E-state index contributed by atoms with van der Waals surface area (Å²) in [5.74, 6) is 0. The van der Waals surface area contributed by atoms with Crippen LogP contribution < -0.4 is 16.0 Å². The molecule has 6 nitrogen and oxygen atoms in total. The van der Waals surface area contributed by atoms with Crippen molar-refractivity contribution in [2.24, 2.45) is 0 Å². The van der Waals surface area contributed by atoms with Crippen LogP contribution in [0.1, 0.15) is 18.4 Å². The highest BCUT2D eigenvalue weighted by molar-refractivity contribution is 5.70. The number of aromatic nitrogens is 1. The van der Waals surface area contributed by atoms with Crippen molar-refractivity contribution >= 4 is 17.5 Å². The number of anilines is 2. The van der Waals surface area contributed by atoms with Gasteiger partial charge in [0.2, 0.25) is 0 Å². The van der Waals surface area contributed by atoms with Crippen molar-refractivity contribution in [1.29, 1.82) is 0 Å². The van der Waals surface area contributed by atoms with Gasteiger partial charge in [-0.1, -0.05) is 0 Å². The van der Waals surface area contributed by atoms with Crippen LogP contribution in [0.25, 0.3) is 0 Å². The predicted molar refractivity (Wildman–Crippen MR) is 69.8 cm³/mol. The minimum atomic E-state index is -0.971. The summed E-state index contributed by atoms with van der Waals surface area (Å²) in [5, 5.41) is 11.3. The van der Waals surface area contributed by atoms with E-state index in [0.29, 0.717) is 12.2 Å². The van der Waals surface area contributed by atoms with Crippen LogP contribution in [0.3, 0.4) is 0 Å². The molecule has 0 aromatic carbocycles. The molecule has 0 unspecified atom stereocenters. The van der Waals surface area contributed by atoms with E-state index in [4.69, 9.17) is 10.8 Å². The lowest BCUT2D eigenvalue weighted by Crippen LogP contribution is -2.47. The van der Waals surface area contributed by atoms with Gasteiger partial charge >= 0.3 is 6.09 Å². The van der Waals surface area contributed by atoms with Gasteiger partial charge < -0.3 is 21.1 Å². The smallest absolute Gasteiger partial charge is 0.404 e. The number of amides is 1. The first-order valence-electron chi connectivity index (χ1n) is 6.02. The number of nitrogens with zero attached hydrogens (tertiary/aromatic N) is 2. The Hall–Kier alpha value is -1.98. The fourth-order valence-electron chi connectivity index (χ4n) is 2.48. The van der Waals surface area contributed by atoms with Gasteiger partial charge in [0.05, 0.1) is 17.6 Å². The third-order valence-corrected chi connectivity index (χ3v) is 3.19. The Balaban J connectivity index is 2.15. The van der Waals surface area contributed by atoms with Crippen molar-refractivity contribution in [2.75, 3.05) is 23.7 Å². The van der Waals surface area contributed by atoms with E-state index in [-0.39, 0.29) is 6.04 Å². The maximum atomic E-state index is 10.7. The van der Waals surface area contributed by atoms with Crippen LogP contribution in [-0.2, 0) is 0 Å². The topological polar surface area (TPSA) is 91.5 Å². The normalized spacial score (nSPS) is 19.6. The molecule has 2 rings (SSSR count). The molecule has 1 fully saturated rings. The average Bonchev–Trinajstić information content (AvgIpc) is 2.28. The van der Waals surface area contributed by atoms with Gasteiger partial charge in [0.25, 0.3) is 0 Å². The van der Waals surface area contributed by atoms with Gasteiger partial charge in [-0.2, -0.15) is 0 Å². The SMILES string of the molecule is Cc1cncc(N)c1N1CCC[C@H](NC(=O)O)C1. The molecule has 2 heterocycles. The van der Waals surface area contributed by atoms with Crippen molar-refractivity contribution < 1.29 is 9.90 Å². The molecule has 6 heteroatoms. The van der Waals surface area contributed by atoms with E-state index in [1.165, 1.54) is 0 Å². The lowest BCUT2D eigenvalue weighted by molar-refractivity contribution is 0.188. The van der Waals surface area contributed by atoms with Crippen molar-refractivity contribution in [3.8, 4) is 0 Å². The van der Waals surface area contributed by atoms with Crippen LogP contribution in [0.15, 0.2) is 12.4 Å². The standard InChI is InChI=1S/C12H18N4O2/c1-8-5-14-6-10(13)11(8)16-4-2-3-9(7-16)15-12(17)18/h5-6,9,15H,2-4,7,13H2,1H3,(H,17,18)/t9-/m0/s1. The Kier molecular flexibility index (Phi) is 3.55. The largest absolute Gasteiger partial charge is 0.465 e. The maximum Gasteiger partial charge on any atom is 0.404 e. The van der Waals surface area contributed by atoms with E-state index < -0.39 is 6.09 Å². The molecule has 4 N–H and O–H groups in total. The van der Waals surface area contributed by atoms with E-state index in [1.54, 1.807) is 12.4 Å². The minimum absolute atomic E-state index is 0.0387. The number of nitrogens with two attached hydrogens (primary N) is 1. The van der Waals surface area contributed by atoms with Gasteiger partial charge in [0.1, 0.15) is 0 Å². The van der Waals surface area contributed by atoms with Gasteiger partial charge in [-0.15, -0.1) is 0 Å². The molecule has 0 aliphatic carbocycles. The molecule has 1 aliphatic rings. The summed E-state index contributed by atoms with van der Waals surface area (Å²) in [7, 11) is 0. The molecule has 1 aromatic heterocycles. The van der Waals surface area contributed by atoms with E-state index in [2.05, 4.69) is 15.2 Å². The number of carboxylic acid groups (broad SMARTS) is 1. The lowest BCUT2D eigenvalue weighted by Gasteiger charge is -2.35. The van der Waals surface area contributed by atoms with Crippen LogP contribution >= 0.6 is 0 Å². The minimum Gasteiger partial charge on any atom is -0.465 e. The first-order chi connectivity index (χ1) is 8.58. The molecule has 1 amide bonds. The van der Waals surface area contributed by atoms with Crippen LogP contribution in [-0.4, -0.2) is 35.3 Å². The van der Waals surface area contributed by atoms with E-state index >= 15 is 0 Å². The second kappa shape index (κ2) is 5.12. The number of piperidine rings is 1. The predicted octanol–water partition coefficient (Wildman–Crippen LogP) is 1.21. The molecule has 0 bridgehead atoms. The Morgan fingerprint density at radius 1 is 1.61 bits per heavy atom. The number of hydrogen-bond donors (Lipinski definition) is 3. The molecule has 1 atom stereocenters. The molecule has 0 radical (unpaired) electrons. The zero-order valence-electron chi connectivity index (χ0n) is 10.4. The molecule has 1 aliphatic heterocycles. The number of rotatable bonds is 2. The molecular formula is C12H18N4O2. The fraction of sp³-hybridized carbons (Fsp3) is 0.500. The first kappa shape index (κ1) is 12.5. The van der Waals surface area contributed by atoms with E-state index in [0.717, 1.165) is 30.6 Å². The van der Waals surface area contributed by atoms with E-state index in [1.807, 2.05) is 6.92 Å². The Bertz CT molecular complexity index is 429. The van der Waals surface area contributed by atoms with Crippen LogP contribution in [0.5, 0.6) is 0 Å². The van der Waals surface area contributed by atoms with Crippen molar-refractivity contribution in [2.45, 2.75) is 25.8 Å². The second-order valence-electron chi connectivity index (χ2n) is 4.63. The zero-order valence-corrected chi connectivity index (χ0v) is 10.4. The Morgan fingerprint density at radius 2 is 2.39 bits per heavy atom. The molecule has 0 spiro atoms. The number of hydrogen-bond acceptors (Lipinski definition) is 4. The fourth-order valence-corrected chi connectivity index (χ4v) is 2.48. The molecule has 1 aromatic rings. The Morgan fingerprint density at radius 3 is 3.06 bits per heavy atom. The highest BCUT2D eigenvalue weighted by atomic mass is 16.4. The molecule has 1 saturated heterocycles. The molecule has 98 valence electrons. The summed E-state index contributed by atoms with van der Waals surface area (Å²) in [6.45, 7) is 3.52. The summed E-state index contributed by atoms with van der Waals surface area (Å²) in [4.78, 5) is 16.9. The van der Waals surface area contributed by atoms with Gasteiger partial charge in [-0.3, -0.25) is 4.98 Å². The number of pyridine rings is 1. The maximum absolute atomic E-state index is 10.7. The summed E-state index contributed by atoms with van der Waals surface area (Å²) in [6, 6.07) is -0.0387. The highest BCUT2D eigenvalue weighted by Crippen LogP contribution is 2.28. The van der Waals surface area contributed by atoms with Crippen molar-refractivity contribution in [3.05, 3.63) is 18.0 Å². The van der Waals surface area contributed by atoms with Gasteiger partial charge in [0.15, 0.2) is 0 Å². The first-order valence-corrected chi connectivity index (χ1v) is 6.02. The third kappa shape index (κ3) is 2.64. The van der Waals surface area contributed by atoms with Crippen LogP contribution in [0.4, 0.5) is 16.2 Å². The highest BCUT2D eigenvalue weighted by Gasteiger charge is 2.23. The zero-order chi connectivity index (χ0) is 13.1.